The molecule has 0 fully saturated rings. The third-order valence-electron chi connectivity index (χ3n) is 4.59. The number of rotatable bonds is 7. The molecule has 3 rings (SSSR count). The predicted molar refractivity (Wildman–Crippen MR) is 124 cm³/mol. The molecule has 0 aromatic heterocycles. The highest BCUT2D eigenvalue weighted by atomic mass is 79.9. The molecule has 5 heteroatoms. The third kappa shape index (κ3) is 5.40. The summed E-state index contributed by atoms with van der Waals surface area (Å²) >= 11 is 9.85. The maximum Gasteiger partial charge on any atom is 0.175 e. The zero-order valence-corrected chi connectivity index (χ0v) is 19.0. The minimum Gasteiger partial charge on any atom is -0.490 e. The molecule has 0 radical (unpaired) electrons. The molecular weight excluding hydrogens is 450 g/mol. The van der Waals surface area contributed by atoms with Crippen LogP contribution in [0.25, 0.3) is 0 Å². The lowest BCUT2D eigenvalue weighted by molar-refractivity contribution is 0.267. The van der Waals surface area contributed by atoms with E-state index in [4.69, 9.17) is 21.1 Å². The van der Waals surface area contributed by atoms with Crippen LogP contribution in [0.15, 0.2) is 64.1 Å². The number of benzene rings is 3. The fraction of sp³-hybridized carbons (Fsp3) is 0.208. The van der Waals surface area contributed by atoms with Gasteiger partial charge in [0.25, 0.3) is 0 Å². The van der Waals surface area contributed by atoms with Crippen LogP contribution in [-0.4, -0.2) is 12.8 Å². The first-order valence-corrected chi connectivity index (χ1v) is 10.6. The van der Waals surface area contributed by atoms with Crippen LogP contribution >= 0.6 is 27.5 Å². The molecule has 0 aliphatic rings. The summed E-state index contributed by atoms with van der Waals surface area (Å²) in [7, 11) is 0. The van der Waals surface area contributed by atoms with Crippen LogP contribution in [0.5, 0.6) is 11.5 Å². The molecule has 29 heavy (non-hydrogen) atoms. The highest BCUT2D eigenvalue weighted by molar-refractivity contribution is 9.10. The second-order valence-corrected chi connectivity index (χ2v) is 7.88. The number of nitrogens with zero attached hydrogens (tertiary/aromatic N) is 1. The fourth-order valence-electron chi connectivity index (χ4n) is 2.85. The van der Waals surface area contributed by atoms with Crippen LogP contribution < -0.4 is 9.47 Å². The average molecular weight is 473 g/mol. The van der Waals surface area contributed by atoms with E-state index in [0.717, 1.165) is 21.3 Å². The van der Waals surface area contributed by atoms with Crippen molar-refractivity contribution in [3.05, 3.63) is 86.3 Å². The van der Waals surface area contributed by atoms with Gasteiger partial charge in [0.15, 0.2) is 11.5 Å². The molecule has 0 atom stereocenters. The summed E-state index contributed by atoms with van der Waals surface area (Å²) in [6.07, 6.45) is 1.84. The lowest BCUT2D eigenvalue weighted by Gasteiger charge is -2.15. The monoisotopic (exact) mass is 471 g/mol. The maximum atomic E-state index is 6.24. The first-order chi connectivity index (χ1) is 14.0. The van der Waals surface area contributed by atoms with Crippen molar-refractivity contribution in [2.75, 3.05) is 6.61 Å². The summed E-state index contributed by atoms with van der Waals surface area (Å²) in [5.74, 6) is 1.31. The molecule has 0 N–H and O–H groups in total. The van der Waals surface area contributed by atoms with Crippen LogP contribution in [0.4, 0.5) is 5.69 Å². The van der Waals surface area contributed by atoms with Gasteiger partial charge in [-0.2, -0.15) is 0 Å². The number of aliphatic imine (C=N–C) groups is 1. The molecule has 0 amide bonds. The fourth-order valence-corrected chi connectivity index (χ4v) is 3.61. The van der Waals surface area contributed by atoms with E-state index >= 15 is 0 Å². The lowest BCUT2D eigenvalue weighted by atomic mass is 10.1. The Kier molecular flexibility index (Phi) is 7.34. The quantitative estimate of drug-likeness (QED) is 0.334. The van der Waals surface area contributed by atoms with Gasteiger partial charge in [-0.05, 0) is 77.7 Å². The van der Waals surface area contributed by atoms with Gasteiger partial charge in [0.05, 0.1) is 16.8 Å². The first-order valence-electron chi connectivity index (χ1n) is 9.42. The van der Waals surface area contributed by atoms with E-state index in [1.54, 1.807) is 0 Å². The molecule has 3 nitrogen and oxygen atoms in total. The second kappa shape index (κ2) is 9.95. The Bertz CT molecular complexity index is 1030. The molecule has 0 unspecified atom stereocenters. The summed E-state index contributed by atoms with van der Waals surface area (Å²) in [5.41, 5.74) is 5.19. The van der Waals surface area contributed by atoms with E-state index in [1.807, 2.05) is 61.7 Å². The Morgan fingerprint density at radius 3 is 2.59 bits per heavy atom. The number of hydrogen-bond acceptors (Lipinski definition) is 3. The van der Waals surface area contributed by atoms with Crippen LogP contribution in [0.2, 0.25) is 5.02 Å². The molecule has 0 saturated carbocycles. The van der Waals surface area contributed by atoms with Crippen molar-refractivity contribution in [2.45, 2.75) is 27.4 Å². The molecule has 0 bridgehead atoms. The topological polar surface area (TPSA) is 30.8 Å². The largest absolute Gasteiger partial charge is 0.490 e. The van der Waals surface area contributed by atoms with Crippen molar-refractivity contribution in [1.29, 1.82) is 0 Å². The highest BCUT2D eigenvalue weighted by Crippen LogP contribution is 2.37. The summed E-state index contributed by atoms with van der Waals surface area (Å²) < 4.78 is 12.7. The van der Waals surface area contributed by atoms with Gasteiger partial charge in [-0.1, -0.05) is 41.9 Å². The maximum absolute atomic E-state index is 6.24. The molecule has 0 saturated heterocycles. The Morgan fingerprint density at radius 1 is 1.03 bits per heavy atom. The van der Waals surface area contributed by atoms with Crippen LogP contribution in [0.1, 0.15) is 29.2 Å². The van der Waals surface area contributed by atoms with Crippen molar-refractivity contribution in [3.8, 4) is 11.5 Å². The van der Waals surface area contributed by atoms with Gasteiger partial charge in [-0.25, -0.2) is 0 Å². The average Bonchev–Trinajstić information content (AvgIpc) is 2.70. The molecule has 0 aliphatic heterocycles. The Balaban J connectivity index is 1.87. The lowest BCUT2D eigenvalue weighted by Crippen LogP contribution is -2.02. The van der Waals surface area contributed by atoms with E-state index in [1.165, 1.54) is 11.1 Å². The number of aryl methyl sites for hydroxylation is 1. The molecule has 150 valence electrons. The van der Waals surface area contributed by atoms with E-state index in [-0.39, 0.29) is 0 Å². The smallest absolute Gasteiger partial charge is 0.175 e. The summed E-state index contributed by atoms with van der Waals surface area (Å²) in [4.78, 5) is 4.65. The molecule has 3 aromatic rings. The van der Waals surface area contributed by atoms with Crippen LogP contribution in [-0.2, 0) is 6.61 Å². The van der Waals surface area contributed by atoms with Crippen molar-refractivity contribution < 1.29 is 9.47 Å². The van der Waals surface area contributed by atoms with Gasteiger partial charge in [0, 0.05) is 16.8 Å². The first kappa shape index (κ1) is 21.4. The van der Waals surface area contributed by atoms with Gasteiger partial charge < -0.3 is 9.47 Å². The van der Waals surface area contributed by atoms with Crippen LogP contribution in [0.3, 0.4) is 0 Å². The van der Waals surface area contributed by atoms with Crippen molar-refractivity contribution in [2.24, 2.45) is 4.99 Å². The molecular formula is C24H23BrClNO2. The van der Waals surface area contributed by atoms with Crippen molar-refractivity contribution >= 4 is 39.4 Å². The van der Waals surface area contributed by atoms with Gasteiger partial charge in [-0.3, -0.25) is 4.99 Å². The van der Waals surface area contributed by atoms with E-state index in [9.17, 15) is 0 Å². The second-order valence-electron chi connectivity index (χ2n) is 6.62. The summed E-state index contributed by atoms with van der Waals surface area (Å²) in [5, 5.41) is 0.680. The normalized spacial score (nSPS) is 11.1. The number of ether oxygens (including phenoxy) is 2. The number of hydrogen-bond donors (Lipinski definition) is 0. The van der Waals surface area contributed by atoms with Gasteiger partial charge in [0.2, 0.25) is 0 Å². The SMILES string of the molecule is CCOc1cc(C=Nc2cccc(C)c2C)cc(Br)c1OCc1ccccc1Cl. The van der Waals surface area contributed by atoms with Crippen LogP contribution in [0, 0.1) is 13.8 Å². The summed E-state index contributed by atoms with van der Waals surface area (Å²) in [6.45, 7) is 7.00. The standard InChI is InChI=1S/C24H23BrClNO2/c1-4-28-23-13-18(14-27-22-11-7-8-16(2)17(22)3)12-20(25)24(23)29-15-19-9-5-6-10-21(19)26/h5-14H,4,15H2,1-3H3. The Morgan fingerprint density at radius 2 is 1.83 bits per heavy atom. The minimum absolute atomic E-state index is 0.355. The zero-order chi connectivity index (χ0) is 20.8. The zero-order valence-electron chi connectivity index (χ0n) is 16.7. The van der Waals surface area contributed by atoms with Crippen molar-refractivity contribution in [1.82, 2.24) is 0 Å². The number of halogens is 2. The molecule has 0 aliphatic carbocycles. The highest BCUT2D eigenvalue weighted by Gasteiger charge is 2.13. The van der Waals surface area contributed by atoms with Gasteiger partial charge >= 0.3 is 0 Å². The summed E-state index contributed by atoms with van der Waals surface area (Å²) in [6, 6.07) is 17.7. The molecule has 3 aromatic carbocycles. The van der Waals surface area contributed by atoms with E-state index in [0.29, 0.717) is 29.7 Å². The molecule has 0 heterocycles. The third-order valence-corrected chi connectivity index (χ3v) is 5.55. The predicted octanol–water partition coefficient (Wildman–Crippen LogP) is 7.45. The van der Waals surface area contributed by atoms with Crippen molar-refractivity contribution in [3.63, 3.8) is 0 Å². The molecule has 0 spiro atoms. The van der Waals surface area contributed by atoms with E-state index < -0.39 is 0 Å². The van der Waals surface area contributed by atoms with E-state index in [2.05, 4.69) is 40.8 Å². The Labute approximate surface area is 185 Å². The van der Waals surface area contributed by atoms with Gasteiger partial charge in [-0.15, -0.1) is 0 Å². The Hall–Kier alpha value is -2.30. The van der Waals surface area contributed by atoms with Gasteiger partial charge in [0.1, 0.15) is 6.61 Å². The minimum atomic E-state index is 0.355.